The second-order valence-corrected chi connectivity index (χ2v) is 6.27. The molecular weight excluding hydrogens is 369 g/mol. The second kappa shape index (κ2) is 6.60. The maximum absolute atomic E-state index is 12.6. The van der Waals surface area contributed by atoms with E-state index in [4.69, 9.17) is 26.9 Å². The van der Waals surface area contributed by atoms with Gasteiger partial charge in [-0.25, -0.2) is 4.68 Å². The summed E-state index contributed by atoms with van der Waals surface area (Å²) in [4.78, 5) is 0. The van der Waals surface area contributed by atoms with E-state index >= 15 is 0 Å². The van der Waals surface area contributed by atoms with Crippen LogP contribution in [-0.4, -0.2) is 28.1 Å². The standard InChI is InChI=1S/C13H12ClF3N4O2S/c14-8-4-7(5-9-10(8)23-3-1-2-22-9)6-24-12-20-19-11(21(12)18)13(15,16)17/h4-5H,1-3,6,18H2. The number of fused-ring (bicyclic) bond motifs is 1. The first-order valence-electron chi connectivity index (χ1n) is 6.85. The van der Waals surface area contributed by atoms with Crippen molar-refractivity contribution < 1.29 is 22.6 Å². The molecule has 11 heteroatoms. The van der Waals surface area contributed by atoms with Crippen LogP contribution in [0.15, 0.2) is 17.3 Å². The predicted octanol–water partition coefficient (Wildman–Crippen LogP) is 3.12. The number of nitrogens with two attached hydrogens (primary N) is 1. The number of rotatable bonds is 3. The number of ether oxygens (including phenoxy) is 2. The first-order chi connectivity index (χ1) is 11.4. The summed E-state index contributed by atoms with van der Waals surface area (Å²) in [6, 6.07) is 3.41. The maximum atomic E-state index is 12.6. The van der Waals surface area contributed by atoms with Gasteiger partial charge in [0.15, 0.2) is 11.5 Å². The van der Waals surface area contributed by atoms with Crippen LogP contribution in [0.1, 0.15) is 17.8 Å². The molecule has 0 fully saturated rings. The number of aromatic nitrogens is 3. The Morgan fingerprint density at radius 3 is 2.71 bits per heavy atom. The number of nitrogen functional groups attached to an aromatic ring is 1. The maximum Gasteiger partial charge on any atom is 0.453 e. The summed E-state index contributed by atoms with van der Waals surface area (Å²) in [5.41, 5.74) is 0.741. The third-order valence-corrected chi connectivity index (χ3v) is 4.44. The van der Waals surface area contributed by atoms with Crippen LogP contribution >= 0.6 is 23.4 Å². The lowest BCUT2D eigenvalue weighted by Gasteiger charge is -2.11. The molecule has 1 aliphatic heterocycles. The highest BCUT2D eigenvalue weighted by Gasteiger charge is 2.38. The van der Waals surface area contributed by atoms with Crippen LogP contribution in [0, 0.1) is 0 Å². The molecule has 0 amide bonds. The Labute approximate surface area is 144 Å². The third-order valence-electron chi connectivity index (χ3n) is 3.15. The van der Waals surface area contributed by atoms with Crippen molar-refractivity contribution in [1.29, 1.82) is 0 Å². The molecule has 6 nitrogen and oxygen atoms in total. The van der Waals surface area contributed by atoms with Gasteiger partial charge in [-0.3, -0.25) is 0 Å². The van der Waals surface area contributed by atoms with Crippen molar-refractivity contribution >= 4 is 23.4 Å². The van der Waals surface area contributed by atoms with Crippen molar-refractivity contribution in [2.45, 2.75) is 23.5 Å². The van der Waals surface area contributed by atoms with E-state index in [0.29, 0.717) is 40.2 Å². The second-order valence-electron chi connectivity index (χ2n) is 4.92. The number of thioether (sulfide) groups is 1. The van der Waals surface area contributed by atoms with E-state index in [1.54, 1.807) is 12.1 Å². The molecule has 0 spiro atoms. The molecule has 2 heterocycles. The van der Waals surface area contributed by atoms with Gasteiger partial charge in [0.25, 0.3) is 5.82 Å². The monoisotopic (exact) mass is 380 g/mol. The van der Waals surface area contributed by atoms with Gasteiger partial charge in [-0.05, 0) is 17.7 Å². The molecule has 2 aromatic rings. The van der Waals surface area contributed by atoms with Crippen LogP contribution in [-0.2, 0) is 11.9 Å². The Kier molecular flexibility index (Phi) is 4.68. The van der Waals surface area contributed by atoms with Gasteiger partial charge in [0.2, 0.25) is 5.16 Å². The van der Waals surface area contributed by atoms with Crippen LogP contribution in [0.25, 0.3) is 0 Å². The summed E-state index contributed by atoms with van der Waals surface area (Å²) in [5, 5.41) is 6.87. The van der Waals surface area contributed by atoms with Crippen molar-refractivity contribution in [3.63, 3.8) is 0 Å². The Hall–Kier alpha value is -1.81. The highest BCUT2D eigenvalue weighted by molar-refractivity contribution is 7.98. The Balaban J connectivity index is 1.77. The number of hydrogen-bond acceptors (Lipinski definition) is 6. The molecule has 24 heavy (non-hydrogen) atoms. The summed E-state index contributed by atoms with van der Waals surface area (Å²) in [6.45, 7) is 1.02. The first kappa shape index (κ1) is 17.0. The Morgan fingerprint density at radius 1 is 1.25 bits per heavy atom. The van der Waals surface area contributed by atoms with Crippen LogP contribution in [0.3, 0.4) is 0 Å². The van der Waals surface area contributed by atoms with Crippen LogP contribution in [0.2, 0.25) is 5.02 Å². The van der Waals surface area contributed by atoms with Gasteiger partial charge >= 0.3 is 6.18 Å². The zero-order valence-electron chi connectivity index (χ0n) is 12.1. The minimum Gasteiger partial charge on any atom is -0.489 e. The molecule has 0 bridgehead atoms. The predicted molar refractivity (Wildman–Crippen MR) is 81.8 cm³/mol. The lowest BCUT2D eigenvalue weighted by Crippen LogP contribution is -2.21. The van der Waals surface area contributed by atoms with E-state index in [0.717, 1.165) is 23.7 Å². The van der Waals surface area contributed by atoms with E-state index in [2.05, 4.69) is 10.2 Å². The molecule has 0 saturated carbocycles. The molecule has 1 aliphatic rings. The molecule has 3 rings (SSSR count). The topological polar surface area (TPSA) is 75.2 Å². The molecule has 1 aromatic carbocycles. The normalized spacial score (nSPS) is 14.5. The Bertz CT molecular complexity index is 754. The molecule has 0 aliphatic carbocycles. The smallest absolute Gasteiger partial charge is 0.453 e. The summed E-state index contributed by atoms with van der Waals surface area (Å²) in [7, 11) is 0. The fourth-order valence-corrected chi connectivity index (χ4v) is 3.16. The van der Waals surface area contributed by atoms with Crippen molar-refractivity contribution in [3.8, 4) is 11.5 Å². The molecule has 1 aromatic heterocycles. The highest BCUT2D eigenvalue weighted by atomic mass is 35.5. The first-order valence-corrected chi connectivity index (χ1v) is 8.21. The van der Waals surface area contributed by atoms with Crippen molar-refractivity contribution in [1.82, 2.24) is 14.9 Å². The van der Waals surface area contributed by atoms with Crippen molar-refractivity contribution in [3.05, 3.63) is 28.5 Å². The summed E-state index contributed by atoms with van der Waals surface area (Å²) >= 11 is 7.19. The molecule has 0 atom stereocenters. The van der Waals surface area contributed by atoms with E-state index in [1.165, 1.54) is 0 Å². The highest BCUT2D eigenvalue weighted by Crippen LogP contribution is 2.39. The number of benzene rings is 1. The quantitative estimate of drug-likeness (QED) is 0.651. The van der Waals surface area contributed by atoms with Crippen molar-refractivity contribution in [2.24, 2.45) is 0 Å². The molecule has 0 radical (unpaired) electrons. The molecule has 0 unspecified atom stereocenters. The van der Waals surface area contributed by atoms with Gasteiger partial charge in [0, 0.05) is 12.2 Å². The van der Waals surface area contributed by atoms with Gasteiger partial charge in [0.05, 0.1) is 18.2 Å². The zero-order chi connectivity index (χ0) is 17.3. The van der Waals surface area contributed by atoms with Gasteiger partial charge < -0.3 is 15.3 Å². The third kappa shape index (κ3) is 3.48. The lowest BCUT2D eigenvalue weighted by molar-refractivity contribution is -0.146. The SMILES string of the molecule is Nn1c(SCc2cc(Cl)c3c(c2)OCCCO3)nnc1C(F)(F)F. The number of halogens is 4. The van der Waals surface area contributed by atoms with E-state index in [9.17, 15) is 13.2 Å². The zero-order valence-corrected chi connectivity index (χ0v) is 13.7. The summed E-state index contributed by atoms with van der Waals surface area (Å²) < 4.78 is 49.5. The molecule has 130 valence electrons. The molecule has 2 N–H and O–H groups in total. The summed E-state index contributed by atoms with van der Waals surface area (Å²) in [5.74, 6) is 5.43. The number of nitrogens with zero attached hydrogens (tertiary/aromatic N) is 3. The van der Waals surface area contributed by atoms with Gasteiger partial charge in [-0.1, -0.05) is 23.4 Å². The number of hydrogen-bond donors (Lipinski definition) is 1. The average Bonchev–Trinajstić information content (AvgIpc) is 2.72. The minimum atomic E-state index is -4.65. The average molecular weight is 381 g/mol. The van der Waals surface area contributed by atoms with E-state index < -0.39 is 12.0 Å². The van der Waals surface area contributed by atoms with E-state index in [-0.39, 0.29) is 5.16 Å². The largest absolute Gasteiger partial charge is 0.489 e. The minimum absolute atomic E-state index is 0.0504. The Morgan fingerprint density at radius 2 is 2.00 bits per heavy atom. The fourth-order valence-electron chi connectivity index (χ4n) is 2.08. The summed E-state index contributed by atoms with van der Waals surface area (Å²) in [6.07, 6.45) is -3.91. The van der Waals surface area contributed by atoms with E-state index in [1.807, 2.05) is 0 Å². The lowest BCUT2D eigenvalue weighted by atomic mass is 10.2. The van der Waals surface area contributed by atoms with Gasteiger partial charge in [-0.2, -0.15) is 13.2 Å². The van der Waals surface area contributed by atoms with Gasteiger partial charge in [0.1, 0.15) is 0 Å². The number of alkyl halides is 3. The van der Waals surface area contributed by atoms with Crippen LogP contribution < -0.4 is 15.3 Å². The van der Waals surface area contributed by atoms with Crippen LogP contribution in [0.5, 0.6) is 11.5 Å². The van der Waals surface area contributed by atoms with Crippen molar-refractivity contribution in [2.75, 3.05) is 19.1 Å². The fraction of sp³-hybridized carbons (Fsp3) is 0.385. The van der Waals surface area contributed by atoms with Gasteiger partial charge in [-0.15, -0.1) is 10.2 Å². The molecule has 0 saturated heterocycles. The van der Waals surface area contributed by atoms with Crippen LogP contribution in [0.4, 0.5) is 13.2 Å². The molecular formula is C13H12ClF3N4O2S.